The molecule has 122 valence electrons. The number of hydrogen-bond donors (Lipinski definition) is 1. The number of carbonyl (C=O) groups is 1. The average molecular weight is 398 g/mol. The van der Waals surface area contributed by atoms with Gasteiger partial charge in [0.1, 0.15) is 5.75 Å². The highest BCUT2D eigenvalue weighted by molar-refractivity contribution is 9.10. The highest BCUT2D eigenvalue weighted by Gasteiger charge is 2.15. The Bertz CT molecular complexity index is 834. The van der Waals surface area contributed by atoms with Gasteiger partial charge in [0.05, 0.1) is 15.1 Å². The molecule has 1 amide bonds. The van der Waals surface area contributed by atoms with E-state index in [1.807, 2.05) is 19.1 Å². The van der Waals surface area contributed by atoms with Crippen LogP contribution in [0.1, 0.15) is 5.56 Å². The van der Waals surface area contributed by atoms with Crippen LogP contribution in [0, 0.1) is 6.92 Å². The summed E-state index contributed by atoms with van der Waals surface area (Å²) < 4.78 is 29.6. The Morgan fingerprint density at radius 2 is 1.91 bits per heavy atom. The number of aryl methyl sites for hydroxylation is 1. The normalized spacial score (nSPS) is 11.1. The van der Waals surface area contributed by atoms with Crippen LogP contribution in [0.25, 0.3) is 0 Å². The number of para-hydroxylation sites is 1. The predicted molar refractivity (Wildman–Crippen MR) is 92.6 cm³/mol. The Labute approximate surface area is 143 Å². The fourth-order valence-corrected chi connectivity index (χ4v) is 3.40. The summed E-state index contributed by atoms with van der Waals surface area (Å²) in [6.45, 7) is 1.73. The Kier molecular flexibility index (Phi) is 5.43. The number of rotatable bonds is 5. The van der Waals surface area contributed by atoms with Crippen molar-refractivity contribution in [2.45, 2.75) is 11.8 Å². The van der Waals surface area contributed by atoms with Crippen molar-refractivity contribution < 1.29 is 17.9 Å². The van der Waals surface area contributed by atoms with Crippen molar-refractivity contribution in [2.75, 3.05) is 18.2 Å². The lowest BCUT2D eigenvalue weighted by Crippen LogP contribution is -2.21. The molecule has 0 atom stereocenters. The molecule has 0 heterocycles. The second-order valence-corrected chi connectivity index (χ2v) is 7.88. The molecule has 0 aliphatic heterocycles. The number of hydrogen-bond acceptors (Lipinski definition) is 4. The van der Waals surface area contributed by atoms with E-state index >= 15 is 0 Å². The third kappa shape index (κ3) is 4.80. The van der Waals surface area contributed by atoms with Crippen LogP contribution >= 0.6 is 15.9 Å². The third-order valence-corrected chi connectivity index (χ3v) is 4.78. The largest absolute Gasteiger partial charge is 0.483 e. The quantitative estimate of drug-likeness (QED) is 0.840. The first-order chi connectivity index (χ1) is 10.8. The standard InChI is InChI=1S/C16H16BrNO4S/c1-11-7-8-14(12(17)9-11)22-10-16(19)18-13-5-3-4-6-15(13)23(2,20)21/h3-9H,10H2,1-2H3,(H,18,19). The molecule has 0 bridgehead atoms. The average Bonchev–Trinajstić information content (AvgIpc) is 2.46. The molecule has 0 fully saturated rings. The minimum Gasteiger partial charge on any atom is -0.483 e. The maximum absolute atomic E-state index is 12.0. The van der Waals surface area contributed by atoms with Gasteiger partial charge in [0.2, 0.25) is 0 Å². The van der Waals surface area contributed by atoms with Gasteiger partial charge in [-0.1, -0.05) is 18.2 Å². The molecule has 0 saturated carbocycles. The number of amides is 1. The van der Waals surface area contributed by atoms with E-state index < -0.39 is 15.7 Å². The lowest BCUT2D eigenvalue weighted by molar-refractivity contribution is -0.118. The van der Waals surface area contributed by atoms with Crippen molar-refractivity contribution in [3.05, 3.63) is 52.5 Å². The monoisotopic (exact) mass is 397 g/mol. The zero-order chi connectivity index (χ0) is 17.0. The van der Waals surface area contributed by atoms with E-state index in [1.165, 1.54) is 12.1 Å². The first-order valence-corrected chi connectivity index (χ1v) is 9.43. The smallest absolute Gasteiger partial charge is 0.262 e. The van der Waals surface area contributed by atoms with E-state index in [4.69, 9.17) is 4.74 Å². The molecule has 0 saturated heterocycles. The number of benzene rings is 2. The van der Waals surface area contributed by atoms with Crippen LogP contribution in [-0.2, 0) is 14.6 Å². The third-order valence-electron chi connectivity index (χ3n) is 3.01. The number of anilines is 1. The fourth-order valence-electron chi connectivity index (χ4n) is 1.95. The SMILES string of the molecule is Cc1ccc(OCC(=O)Nc2ccccc2S(C)(=O)=O)c(Br)c1. The Morgan fingerprint density at radius 3 is 2.57 bits per heavy atom. The van der Waals surface area contributed by atoms with Crippen LogP contribution < -0.4 is 10.1 Å². The van der Waals surface area contributed by atoms with Gasteiger partial charge in [0.15, 0.2) is 16.4 Å². The van der Waals surface area contributed by atoms with E-state index in [2.05, 4.69) is 21.2 Å². The van der Waals surface area contributed by atoms with Crippen LogP contribution in [0.3, 0.4) is 0 Å². The Balaban J connectivity index is 2.06. The van der Waals surface area contributed by atoms with Gasteiger partial charge in [-0.05, 0) is 52.7 Å². The Morgan fingerprint density at radius 1 is 1.22 bits per heavy atom. The first kappa shape index (κ1) is 17.5. The molecule has 23 heavy (non-hydrogen) atoms. The van der Waals surface area contributed by atoms with E-state index in [-0.39, 0.29) is 17.2 Å². The molecule has 5 nitrogen and oxygen atoms in total. The molecule has 0 radical (unpaired) electrons. The van der Waals surface area contributed by atoms with Crippen molar-refractivity contribution in [1.82, 2.24) is 0 Å². The maximum Gasteiger partial charge on any atom is 0.262 e. The van der Waals surface area contributed by atoms with E-state index in [9.17, 15) is 13.2 Å². The van der Waals surface area contributed by atoms with Crippen molar-refractivity contribution in [1.29, 1.82) is 0 Å². The van der Waals surface area contributed by atoms with Gasteiger partial charge in [0, 0.05) is 6.26 Å². The van der Waals surface area contributed by atoms with Gasteiger partial charge in [-0.2, -0.15) is 0 Å². The van der Waals surface area contributed by atoms with E-state index in [1.54, 1.807) is 18.2 Å². The number of halogens is 1. The summed E-state index contributed by atoms with van der Waals surface area (Å²) in [6.07, 6.45) is 1.10. The van der Waals surface area contributed by atoms with E-state index in [0.717, 1.165) is 16.3 Å². The Hall–Kier alpha value is -1.86. The fraction of sp³-hybridized carbons (Fsp3) is 0.188. The highest BCUT2D eigenvalue weighted by atomic mass is 79.9. The summed E-state index contributed by atoms with van der Waals surface area (Å²) in [7, 11) is -3.42. The summed E-state index contributed by atoms with van der Waals surface area (Å²) >= 11 is 3.37. The second-order valence-electron chi connectivity index (χ2n) is 5.04. The molecule has 2 aromatic rings. The minimum atomic E-state index is -3.42. The van der Waals surface area contributed by atoms with Gasteiger partial charge in [0.25, 0.3) is 5.91 Å². The van der Waals surface area contributed by atoms with Crippen LogP contribution in [0.15, 0.2) is 51.8 Å². The summed E-state index contributed by atoms with van der Waals surface area (Å²) in [4.78, 5) is 12.1. The lowest BCUT2D eigenvalue weighted by Gasteiger charge is -2.11. The van der Waals surface area contributed by atoms with Crippen molar-refractivity contribution in [3.8, 4) is 5.75 Å². The van der Waals surface area contributed by atoms with Crippen LogP contribution in [-0.4, -0.2) is 27.2 Å². The molecular weight excluding hydrogens is 382 g/mol. The number of nitrogens with one attached hydrogen (secondary N) is 1. The molecule has 0 aliphatic rings. The summed E-state index contributed by atoms with van der Waals surface area (Å²) in [5.74, 6) is 0.107. The number of ether oxygens (including phenoxy) is 1. The van der Waals surface area contributed by atoms with Crippen LogP contribution in [0.2, 0.25) is 0 Å². The summed E-state index contributed by atoms with van der Waals surface area (Å²) in [5.41, 5.74) is 1.31. The zero-order valence-electron chi connectivity index (χ0n) is 12.7. The molecule has 2 aromatic carbocycles. The van der Waals surface area contributed by atoms with Gasteiger partial charge in [-0.3, -0.25) is 4.79 Å². The molecule has 7 heteroatoms. The number of sulfone groups is 1. The summed E-state index contributed by atoms with van der Waals surface area (Å²) in [5, 5.41) is 2.56. The van der Waals surface area contributed by atoms with Gasteiger partial charge in [-0.15, -0.1) is 0 Å². The molecule has 1 N–H and O–H groups in total. The maximum atomic E-state index is 12.0. The van der Waals surface area contributed by atoms with Crippen molar-refractivity contribution >= 4 is 37.4 Å². The molecule has 0 unspecified atom stereocenters. The lowest BCUT2D eigenvalue weighted by atomic mass is 10.2. The second kappa shape index (κ2) is 7.14. The molecule has 0 spiro atoms. The van der Waals surface area contributed by atoms with Crippen molar-refractivity contribution in [2.24, 2.45) is 0 Å². The highest BCUT2D eigenvalue weighted by Crippen LogP contribution is 2.26. The van der Waals surface area contributed by atoms with Crippen molar-refractivity contribution in [3.63, 3.8) is 0 Å². The molecule has 0 aliphatic carbocycles. The van der Waals surface area contributed by atoms with E-state index in [0.29, 0.717) is 5.75 Å². The summed E-state index contributed by atoms with van der Waals surface area (Å²) in [6, 6.07) is 11.8. The zero-order valence-corrected chi connectivity index (χ0v) is 15.1. The topological polar surface area (TPSA) is 72.5 Å². The van der Waals surface area contributed by atoms with Gasteiger partial charge in [-0.25, -0.2) is 8.42 Å². The molecule has 0 aromatic heterocycles. The first-order valence-electron chi connectivity index (χ1n) is 6.75. The van der Waals surface area contributed by atoms with Crippen LogP contribution in [0.4, 0.5) is 5.69 Å². The van der Waals surface area contributed by atoms with Gasteiger partial charge < -0.3 is 10.1 Å². The predicted octanol–water partition coefficient (Wildman–Crippen LogP) is 3.18. The van der Waals surface area contributed by atoms with Crippen LogP contribution in [0.5, 0.6) is 5.75 Å². The number of carbonyl (C=O) groups excluding carboxylic acids is 1. The van der Waals surface area contributed by atoms with Gasteiger partial charge >= 0.3 is 0 Å². The molecular formula is C16H16BrNO4S. The minimum absolute atomic E-state index is 0.0740. The molecule has 2 rings (SSSR count).